The zero-order valence-corrected chi connectivity index (χ0v) is 16.7. The molecule has 4 aromatic rings. The van der Waals surface area contributed by atoms with Crippen LogP contribution in [-0.2, 0) is 17.9 Å². The second-order valence-electron chi connectivity index (χ2n) is 6.11. The summed E-state index contributed by atoms with van der Waals surface area (Å²) in [5.41, 5.74) is 1.59. The van der Waals surface area contributed by atoms with Crippen LogP contribution >= 0.6 is 22.7 Å². The Labute approximate surface area is 169 Å². The SMILES string of the molecule is COc1cccc(CNC(=O)Cn2cnc3scc(-c4cccs4)c3c2=O)c1. The summed E-state index contributed by atoms with van der Waals surface area (Å²) >= 11 is 3.01. The Balaban J connectivity index is 1.53. The minimum Gasteiger partial charge on any atom is -0.497 e. The fourth-order valence-corrected chi connectivity index (χ4v) is 4.61. The van der Waals surface area contributed by atoms with Gasteiger partial charge in [0.05, 0.1) is 18.8 Å². The van der Waals surface area contributed by atoms with Gasteiger partial charge < -0.3 is 10.1 Å². The summed E-state index contributed by atoms with van der Waals surface area (Å²) in [5.74, 6) is 0.482. The number of aromatic nitrogens is 2. The Hall–Kier alpha value is -2.97. The van der Waals surface area contributed by atoms with E-state index in [0.717, 1.165) is 21.8 Å². The lowest BCUT2D eigenvalue weighted by molar-refractivity contribution is -0.121. The van der Waals surface area contributed by atoms with Crippen LogP contribution in [0, 0.1) is 0 Å². The molecule has 0 radical (unpaired) electrons. The molecule has 0 aliphatic heterocycles. The minimum atomic E-state index is -0.251. The van der Waals surface area contributed by atoms with Crippen molar-refractivity contribution in [1.29, 1.82) is 0 Å². The number of hydrogen-bond acceptors (Lipinski definition) is 6. The van der Waals surface area contributed by atoms with Crippen LogP contribution in [0.4, 0.5) is 0 Å². The zero-order chi connectivity index (χ0) is 19.5. The van der Waals surface area contributed by atoms with Crippen LogP contribution < -0.4 is 15.6 Å². The van der Waals surface area contributed by atoms with Gasteiger partial charge in [-0.3, -0.25) is 14.2 Å². The van der Waals surface area contributed by atoms with Crippen LogP contribution in [0.1, 0.15) is 5.56 Å². The van der Waals surface area contributed by atoms with Crippen LogP contribution in [0.15, 0.2) is 58.3 Å². The van der Waals surface area contributed by atoms with Gasteiger partial charge >= 0.3 is 0 Å². The van der Waals surface area contributed by atoms with Crippen LogP contribution in [0.3, 0.4) is 0 Å². The first-order valence-corrected chi connectivity index (χ1v) is 10.3. The third-order valence-electron chi connectivity index (χ3n) is 4.29. The standard InChI is InChI=1S/C20H17N3O3S2/c1-26-14-5-2-4-13(8-14)9-21-17(24)10-23-12-22-19-18(20(23)25)15(11-28-19)16-6-3-7-27-16/h2-8,11-12H,9-10H2,1H3,(H,21,24). The predicted octanol–water partition coefficient (Wildman–Crippen LogP) is 3.51. The van der Waals surface area contributed by atoms with Gasteiger partial charge in [0.1, 0.15) is 17.1 Å². The Bertz CT molecular complexity index is 1180. The number of thiophene rings is 2. The molecule has 4 rings (SSSR count). The number of rotatable bonds is 6. The zero-order valence-electron chi connectivity index (χ0n) is 15.0. The van der Waals surface area contributed by atoms with Crippen LogP contribution in [0.25, 0.3) is 20.7 Å². The summed E-state index contributed by atoms with van der Waals surface area (Å²) in [7, 11) is 1.60. The molecule has 0 saturated carbocycles. The smallest absolute Gasteiger partial charge is 0.263 e. The molecule has 6 nitrogen and oxygen atoms in total. The average molecular weight is 412 g/mol. The summed E-state index contributed by atoms with van der Waals surface area (Å²) < 4.78 is 6.54. The van der Waals surface area contributed by atoms with Crippen LogP contribution in [0.5, 0.6) is 5.75 Å². The van der Waals surface area contributed by atoms with E-state index >= 15 is 0 Å². The Morgan fingerprint density at radius 2 is 2.14 bits per heavy atom. The molecule has 28 heavy (non-hydrogen) atoms. The average Bonchev–Trinajstić information content (AvgIpc) is 3.38. The van der Waals surface area contributed by atoms with Crippen molar-refractivity contribution in [1.82, 2.24) is 14.9 Å². The molecule has 0 aliphatic rings. The molecule has 142 valence electrons. The van der Waals surface area contributed by atoms with E-state index in [1.807, 2.05) is 47.2 Å². The van der Waals surface area contributed by atoms with E-state index in [0.29, 0.717) is 16.8 Å². The lowest BCUT2D eigenvalue weighted by Crippen LogP contribution is -2.32. The first-order valence-electron chi connectivity index (χ1n) is 8.56. The molecule has 0 aliphatic carbocycles. The number of hydrogen-bond donors (Lipinski definition) is 1. The number of carbonyl (C=O) groups is 1. The molecule has 1 N–H and O–H groups in total. The maximum Gasteiger partial charge on any atom is 0.263 e. The van der Waals surface area contributed by atoms with Crippen molar-refractivity contribution in [3.8, 4) is 16.2 Å². The highest BCUT2D eigenvalue weighted by atomic mass is 32.1. The lowest BCUT2D eigenvalue weighted by atomic mass is 10.2. The number of nitrogens with one attached hydrogen (secondary N) is 1. The quantitative estimate of drug-likeness (QED) is 0.527. The molecule has 0 atom stereocenters. The fourth-order valence-electron chi connectivity index (χ4n) is 2.89. The van der Waals surface area contributed by atoms with Crippen molar-refractivity contribution in [2.24, 2.45) is 0 Å². The number of benzene rings is 1. The molecule has 0 fully saturated rings. The van der Waals surface area contributed by atoms with Crippen molar-refractivity contribution in [3.05, 3.63) is 69.4 Å². The predicted molar refractivity (Wildman–Crippen MR) is 112 cm³/mol. The third-order valence-corrected chi connectivity index (χ3v) is 6.07. The topological polar surface area (TPSA) is 73.2 Å². The molecule has 0 bridgehead atoms. The van der Waals surface area contributed by atoms with Gasteiger partial charge in [-0.05, 0) is 29.1 Å². The molecule has 0 unspecified atom stereocenters. The highest BCUT2D eigenvalue weighted by Gasteiger charge is 2.15. The largest absolute Gasteiger partial charge is 0.497 e. The van der Waals surface area contributed by atoms with Crippen molar-refractivity contribution in [2.45, 2.75) is 13.1 Å². The maximum atomic E-state index is 12.9. The van der Waals surface area contributed by atoms with E-state index < -0.39 is 0 Å². The monoisotopic (exact) mass is 411 g/mol. The number of nitrogens with zero attached hydrogens (tertiary/aromatic N) is 2. The number of amides is 1. The number of carbonyl (C=O) groups excluding carboxylic acids is 1. The molecule has 3 aromatic heterocycles. The van der Waals surface area contributed by atoms with E-state index in [1.165, 1.54) is 22.2 Å². The van der Waals surface area contributed by atoms with Gasteiger partial charge in [-0.2, -0.15) is 0 Å². The molecular weight excluding hydrogens is 394 g/mol. The van der Waals surface area contributed by atoms with Crippen molar-refractivity contribution in [2.75, 3.05) is 7.11 Å². The Morgan fingerprint density at radius 1 is 1.25 bits per heavy atom. The van der Waals surface area contributed by atoms with E-state index in [4.69, 9.17) is 4.74 Å². The molecule has 1 aromatic carbocycles. The van der Waals surface area contributed by atoms with Crippen molar-refractivity contribution in [3.63, 3.8) is 0 Å². The van der Waals surface area contributed by atoms with Crippen LogP contribution in [-0.4, -0.2) is 22.6 Å². The molecule has 0 saturated heterocycles. The molecule has 3 heterocycles. The second-order valence-corrected chi connectivity index (χ2v) is 7.92. The number of ether oxygens (including phenoxy) is 1. The van der Waals surface area contributed by atoms with E-state index in [9.17, 15) is 9.59 Å². The summed E-state index contributed by atoms with van der Waals surface area (Å²) in [6.45, 7) is 0.283. The van der Waals surface area contributed by atoms with Gasteiger partial charge in [0.2, 0.25) is 5.91 Å². The van der Waals surface area contributed by atoms with Gasteiger partial charge in [-0.1, -0.05) is 18.2 Å². The van der Waals surface area contributed by atoms with Gasteiger partial charge in [0.15, 0.2) is 0 Å². The summed E-state index contributed by atoms with van der Waals surface area (Å²) in [5, 5.41) is 7.31. The number of methoxy groups -OCH3 is 1. The Kier molecular flexibility index (Phi) is 5.23. The summed E-state index contributed by atoms with van der Waals surface area (Å²) in [6, 6.07) is 11.4. The van der Waals surface area contributed by atoms with Gasteiger partial charge in [0.25, 0.3) is 5.56 Å². The highest BCUT2D eigenvalue weighted by molar-refractivity contribution is 7.18. The minimum absolute atomic E-state index is 0.0779. The molecule has 8 heteroatoms. The lowest BCUT2D eigenvalue weighted by Gasteiger charge is -2.08. The van der Waals surface area contributed by atoms with Gasteiger partial charge in [0, 0.05) is 22.4 Å². The molecule has 0 spiro atoms. The first kappa shape index (κ1) is 18.4. The normalized spacial score (nSPS) is 10.9. The third kappa shape index (κ3) is 3.69. The van der Waals surface area contributed by atoms with E-state index in [1.54, 1.807) is 18.4 Å². The molecular formula is C20H17N3O3S2. The van der Waals surface area contributed by atoms with Crippen molar-refractivity contribution < 1.29 is 9.53 Å². The van der Waals surface area contributed by atoms with Gasteiger partial charge in [-0.15, -0.1) is 22.7 Å². The van der Waals surface area contributed by atoms with Gasteiger partial charge in [-0.25, -0.2) is 4.98 Å². The van der Waals surface area contributed by atoms with Crippen molar-refractivity contribution >= 4 is 38.8 Å². The molecule has 1 amide bonds. The highest BCUT2D eigenvalue weighted by Crippen LogP contribution is 2.33. The number of fused-ring (bicyclic) bond motifs is 1. The summed E-state index contributed by atoms with van der Waals surface area (Å²) in [4.78, 5) is 31.3. The summed E-state index contributed by atoms with van der Waals surface area (Å²) in [6.07, 6.45) is 1.44. The van der Waals surface area contributed by atoms with Crippen LogP contribution in [0.2, 0.25) is 0 Å². The maximum absolute atomic E-state index is 12.9. The second kappa shape index (κ2) is 7.95. The fraction of sp³-hybridized carbons (Fsp3) is 0.150. The van der Waals surface area contributed by atoms with E-state index in [-0.39, 0.29) is 18.0 Å². The van der Waals surface area contributed by atoms with E-state index in [2.05, 4.69) is 10.3 Å². The Morgan fingerprint density at radius 3 is 2.93 bits per heavy atom. The first-order chi connectivity index (χ1) is 13.7.